The van der Waals surface area contributed by atoms with E-state index in [4.69, 9.17) is 4.42 Å². The lowest BCUT2D eigenvalue weighted by Gasteiger charge is -2.03. The molecule has 7 nitrogen and oxygen atoms in total. The Morgan fingerprint density at radius 2 is 1.76 bits per heavy atom. The Balaban J connectivity index is 0.000000257. The minimum absolute atomic E-state index is 0.289. The number of carbonyl (C=O) groups is 1. The number of oxazole rings is 1. The average Bonchev–Trinajstić information content (AvgIpc) is 3.41. The van der Waals surface area contributed by atoms with Crippen LogP contribution in [0.5, 0.6) is 0 Å². The normalized spacial score (nSPS) is 10.6. The van der Waals surface area contributed by atoms with Crippen LogP contribution in [0.4, 0.5) is 14.5 Å². The molecule has 0 fully saturated rings. The van der Waals surface area contributed by atoms with Crippen molar-refractivity contribution in [2.24, 2.45) is 0 Å². The summed E-state index contributed by atoms with van der Waals surface area (Å²) in [6.07, 6.45) is 5.90. The fourth-order valence-corrected chi connectivity index (χ4v) is 3.34. The number of anilines is 1. The van der Waals surface area contributed by atoms with Crippen molar-refractivity contribution in [2.45, 2.75) is 13.8 Å². The summed E-state index contributed by atoms with van der Waals surface area (Å²) in [5.41, 5.74) is 4.02. The maximum absolute atomic E-state index is 14.2. The van der Waals surface area contributed by atoms with Crippen LogP contribution in [0.1, 0.15) is 22.1 Å². The second-order valence-corrected chi connectivity index (χ2v) is 7.43. The number of aryl methyl sites for hydroxylation is 2. The Hall–Kier alpha value is -4.40. The van der Waals surface area contributed by atoms with Crippen LogP contribution >= 0.6 is 0 Å². The summed E-state index contributed by atoms with van der Waals surface area (Å²) in [4.78, 5) is 22.7. The number of benzene rings is 2. The van der Waals surface area contributed by atoms with E-state index in [1.807, 2.05) is 6.20 Å². The van der Waals surface area contributed by atoms with Crippen LogP contribution in [-0.4, -0.2) is 32.7 Å². The van der Waals surface area contributed by atoms with Gasteiger partial charge in [-0.2, -0.15) is 0 Å². The number of fused-ring (bicyclic) bond motifs is 1. The number of nitrogens with one attached hydrogen (secondary N) is 1. The van der Waals surface area contributed by atoms with Crippen molar-refractivity contribution in [3.05, 3.63) is 90.0 Å². The molecule has 0 atom stereocenters. The van der Waals surface area contributed by atoms with Crippen molar-refractivity contribution >= 4 is 17.8 Å². The first kappa shape index (κ1) is 22.8. The van der Waals surface area contributed by atoms with Crippen molar-refractivity contribution in [2.75, 3.05) is 12.4 Å². The number of carbonyl (C=O) groups excluding carboxylic acids is 1. The number of aldehydes is 1. The van der Waals surface area contributed by atoms with Crippen molar-refractivity contribution in [3.63, 3.8) is 0 Å². The number of nitrogens with zero attached hydrogens (tertiary/aromatic N) is 4. The molecule has 2 aromatic carbocycles. The maximum Gasteiger partial charge on any atom is 0.234 e. The van der Waals surface area contributed by atoms with Gasteiger partial charge in [0, 0.05) is 49.4 Å². The van der Waals surface area contributed by atoms with E-state index in [9.17, 15) is 13.6 Å². The number of aromatic nitrogens is 4. The van der Waals surface area contributed by atoms with Crippen molar-refractivity contribution in [1.82, 2.24) is 19.4 Å². The molecule has 0 amide bonds. The fourth-order valence-electron chi connectivity index (χ4n) is 3.34. The predicted molar refractivity (Wildman–Crippen MR) is 125 cm³/mol. The molecule has 34 heavy (non-hydrogen) atoms. The lowest BCUT2D eigenvalue weighted by molar-refractivity contribution is 0.109. The van der Waals surface area contributed by atoms with Crippen LogP contribution in [0.3, 0.4) is 0 Å². The molecule has 0 unspecified atom stereocenters. The molecule has 1 N–H and O–H groups in total. The first-order valence-corrected chi connectivity index (χ1v) is 10.4. The van der Waals surface area contributed by atoms with Gasteiger partial charge < -0.3 is 9.73 Å². The van der Waals surface area contributed by atoms with Gasteiger partial charge in [0.2, 0.25) is 5.78 Å². The van der Waals surface area contributed by atoms with Gasteiger partial charge in [-0.1, -0.05) is 12.1 Å². The fraction of sp³-hybridized carbons (Fsp3) is 0.120. The van der Waals surface area contributed by atoms with Crippen LogP contribution in [0.2, 0.25) is 0 Å². The lowest BCUT2D eigenvalue weighted by atomic mass is 10.1. The molecule has 3 aromatic heterocycles. The van der Waals surface area contributed by atoms with Crippen LogP contribution in [0.25, 0.3) is 28.2 Å². The highest BCUT2D eigenvalue weighted by Gasteiger charge is 2.12. The minimum Gasteiger partial charge on any atom is -0.438 e. The average molecular weight is 461 g/mol. The van der Waals surface area contributed by atoms with Gasteiger partial charge >= 0.3 is 0 Å². The molecular weight excluding hydrogens is 440 g/mol. The van der Waals surface area contributed by atoms with Crippen molar-refractivity contribution in [3.8, 4) is 22.4 Å². The van der Waals surface area contributed by atoms with E-state index in [2.05, 4.69) is 20.3 Å². The highest BCUT2D eigenvalue weighted by molar-refractivity contribution is 5.71. The molecule has 0 aliphatic rings. The molecule has 3 heterocycles. The Bertz CT molecular complexity index is 1460. The second kappa shape index (κ2) is 9.62. The molecule has 0 radical (unpaired) electrons. The first-order chi connectivity index (χ1) is 16.4. The molecule has 0 bridgehead atoms. The smallest absolute Gasteiger partial charge is 0.234 e. The van der Waals surface area contributed by atoms with Gasteiger partial charge in [0.15, 0.2) is 17.9 Å². The quantitative estimate of drug-likeness (QED) is 0.357. The van der Waals surface area contributed by atoms with Crippen LogP contribution in [-0.2, 0) is 0 Å². The molecular formula is C25H21F2N5O2. The highest BCUT2D eigenvalue weighted by atomic mass is 19.1. The SMILES string of the molecule is CNc1ccc(F)c(-c2cn3cc(-c4ccc(F)cc4)cnc3n2)c1.Cc1nc(C)c(C=O)o1. The van der Waals surface area contributed by atoms with E-state index in [1.165, 1.54) is 18.2 Å². The third kappa shape index (κ3) is 4.83. The van der Waals surface area contributed by atoms with E-state index in [-0.39, 0.29) is 11.6 Å². The Morgan fingerprint density at radius 1 is 1.00 bits per heavy atom. The van der Waals surface area contributed by atoms with Crippen LogP contribution in [0, 0.1) is 25.5 Å². The molecule has 0 saturated heterocycles. The van der Waals surface area contributed by atoms with E-state index in [0.29, 0.717) is 40.7 Å². The van der Waals surface area contributed by atoms with Gasteiger partial charge in [-0.3, -0.25) is 9.20 Å². The predicted octanol–water partition coefficient (Wildman–Crippen LogP) is 5.49. The third-order valence-electron chi connectivity index (χ3n) is 5.07. The van der Waals surface area contributed by atoms with E-state index in [0.717, 1.165) is 16.8 Å². The maximum atomic E-state index is 14.2. The van der Waals surface area contributed by atoms with Crippen LogP contribution < -0.4 is 5.32 Å². The number of halogens is 2. The Kier molecular flexibility index (Phi) is 6.44. The van der Waals surface area contributed by atoms with Gasteiger partial charge in [-0.25, -0.2) is 23.7 Å². The molecule has 0 saturated carbocycles. The van der Waals surface area contributed by atoms with E-state index < -0.39 is 0 Å². The third-order valence-corrected chi connectivity index (χ3v) is 5.07. The topological polar surface area (TPSA) is 85.3 Å². The molecule has 9 heteroatoms. The standard InChI is InChI=1S/C19H14F2N4.C6H7NO2/c1-22-15-6-7-17(21)16(8-15)18-11-25-10-13(9-23-19(25)24-18)12-2-4-14(20)5-3-12;1-4-6(3-8)9-5(2)7-4/h2-11,22H,1H3;3H,1-2H3. The van der Waals surface area contributed by atoms with Gasteiger partial charge in [-0.15, -0.1) is 0 Å². The monoisotopic (exact) mass is 461 g/mol. The summed E-state index contributed by atoms with van der Waals surface area (Å²) >= 11 is 0. The van der Waals surface area contributed by atoms with Gasteiger partial charge in [0.05, 0.1) is 11.4 Å². The summed E-state index contributed by atoms with van der Waals surface area (Å²) < 4.78 is 33.9. The molecule has 0 aliphatic carbocycles. The Labute approximate surface area is 194 Å². The van der Waals surface area contributed by atoms with E-state index >= 15 is 0 Å². The summed E-state index contributed by atoms with van der Waals surface area (Å²) in [7, 11) is 1.78. The molecule has 0 aliphatic heterocycles. The summed E-state index contributed by atoms with van der Waals surface area (Å²) in [6.45, 7) is 3.44. The number of rotatable bonds is 4. The van der Waals surface area contributed by atoms with Crippen molar-refractivity contribution < 1.29 is 18.0 Å². The summed E-state index contributed by atoms with van der Waals surface area (Å²) in [5.74, 6) is 0.695. The zero-order chi connectivity index (χ0) is 24.2. The zero-order valence-corrected chi connectivity index (χ0v) is 18.7. The van der Waals surface area contributed by atoms with Gasteiger partial charge in [-0.05, 0) is 42.8 Å². The number of hydrogen-bond donors (Lipinski definition) is 1. The molecule has 5 rings (SSSR count). The largest absolute Gasteiger partial charge is 0.438 e. The second-order valence-electron chi connectivity index (χ2n) is 7.43. The number of imidazole rings is 1. The molecule has 5 aromatic rings. The number of hydrogen-bond acceptors (Lipinski definition) is 6. The molecule has 172 valence electrons. The van der Waals surface area contributed by atoms with Crippen molar-refractivity contribution in [1.29, 1.82) is 0 Å². The van der Waals surface area contributed by atoms with Crippen LogP contribution in [0.15, 0.2) is 65.5 Å². The Morgan fingerprint density at radius 3 is 2.38 bits per heavy atom. The summed E-state index contributed by atoms with van der Waals surface area (Å²) in [6, 6.07) is 11.0. The minimum atomic E-state index is -0.346. The molecule has 0 spiro atoms. The lowest BCUT2D eigenvalue weighted by Crippen LogP contribution is -1.91. The first-order valence-electron chi connectivity index (χ1n) is 10.4. The highest BCUT2D eigenvalue weighted by Crippen LogP contribution is 2.26. The zero-order valence-electron chi connectivity index (χ0n) is 18.7. The van der Waals surface area contributed by atoms with E-state index in [1.54, 1.807) is 62.0 Å². The van der Waals surface area contributed by atoms with Gasteiger partial charge in [0.25, 0.3) is 0 Å². The summed E-state index contributed by atoms with van der Waals surface area (Å²) in [5, 5.41) is 2.99. The van der Waals surface area contributed by atoms with Gasteiger partial charge in [0.1, 0.15) is 11.6 Å².